The van der Waals surface area contributed by atoms with E-state index in [0.717, 1.165) is 22.6 Å². The number of carbonyl (C=O) groups excluding carboxylic acids is 1. The summed E-state index contributed by atoms with van der Waals surface area (Å²) in [6.45, 7) is 4.10. The molecule has 0 fully saturated rings. The van der Waals surface area contributed by atoms with Crippen molar-refractivity contribution in [3.63, 3.8) is 0 Å². The Morgan fingerprint density at radius 3 is 2.54 bits per heavy atom. The highest BCUT2D eigenvalue weighted by atomic mass is 35.5. The minimum atomic E-state index is -0.600. The Morgan fingerprint density at radius 2 is 1.89 bits per heavy atom. The van der Waals surface area contributed by atoms with Crippen LogP contribution in [0, 0.1) is 24.0 Å². The lowest BCUT2D eigenvalue weighted by Crippen LogP contribution is -2.27. The molecule has 144 valence electrons. The van der Waals surface area contributed by atoms with Gasteiger partial charge in [-0.2, -0.15) is 5.10 Å². The third kappa shape index (κ3) is 3.75. The molecule has 3 rings (SSSR count). The number of para-hydroxylation sites is 1. The predicted molar refractivity (Wildman–Crippen MR) is 107 cm³/mol. The van der Waals surface area contributed by atoms with Crippen molar-refractivity contribution in [1.82, 2.24) is 14.7 Å². The maximum Gasteiger partial charge on any atom is 0.283 e. The van der Waals surface area contributed by atoms with Crippen LogP contribution in [-0.2, 0) is 6.54 Å². The van der Waals surface area contributed by atoms with Crippen molar-refractivity contribution in [3.05, 3.63) is 86.2 Å². The van der Waals surface area contributed by atoms with Crippen LogP contribution >= 0.6 is 11.6 Å². The molecule has 0 unspecified atom stereocenters. The average molecular weight is 399 g/mol. The van der Waals surface area contributed by atoms with Gasteiger partial charge in [-0.05, 0) is 38.1 Å². The maximum atomic E-state index is 12.8. The van der Waals surface area contributed by atoms with Gasteiger partial charge in [0.05, 0.1) is 16.3 Å². The zero-order valence-corrected chi connectivity index (χ0v) is 16.5. The fourth-order valence-corrected chi connectivity index (χ4v) is 3.24. The lowest BCUT2D eigenvalue weighted by atomic mass is 10.1. The number of aromatic nitrogens is 2. The van der Waals surface area contributed by atoms with E-state index < -0.39 is 10.8 Å². The van der Waals surface area contributed by atoms with Crippen molar-refractivity contribution in [2.24, 2.45) is 0 Å². The molecule has 8 heteroatoms. The fourth-order valence-electron chi connectivity index (χ4n) is 3.08. The summed E-state index contributed by atoms with van der Waals surface area (Å²) in [5.41, 5.74) is 3.23. The molecule has 1 heterocycles. The van der Waals surface area contributed by atoms with Crippen molar-refractivity contribution >= 4 is 23.2 Å². The molecule has 0 aliphatic heterocycles. The second-order valence-electron chi connectivity index (χ2n) is 6.48. The molecule has 0 aliphatic carbocycles. The van der Waals surface area contributed by atoms with E-state index >= 15 is 0 Å². The Bertz CT molecular complexity index is 1050. The van der Waals surface area contributed by atoms with E-state index in [1.165, 1.54) is 23.1 Å². The second kappa shape index (κ2) is 7.82. The molecule has 0 spiro atoms. The van der Waals surface area contributed by atoms with Crippen molar-refractivity contribution in [3.8, 4) is 5.69 Å². The van der Waals surface area contributed by atoms with Crippen molar-refractivity contribution in [1.29, 1.82) is 0 Å². The number of aryl methyl sites for hydroxylation is 1. The van der Waals surface area contributed by atoms with Gasteiger partial charge in [-0.3, -0.25) is 14.9 Å². The van der Waals surface area contributed by atoms with E-state index in [-0.39, 0.29) is 22.8 Å². The molecule has 1 aromatic heterocycles. The van der Waals surface area contributed by atoms with E-state index in [1.54, 1.807) is 7.05 Å². The highest BCUT2D eigenvalue weighted by Crippen LogP contribution is 2.26. The molecule has 0 N–H and O–H groups in total. The number of halogens is 1. The second-order valence-corrected chi connectivity index (χ2v) is 6.91. The molecule has 7 nitrogen and oxygen atoms in total. The summed E-state index contributed by atoms with van der Waals surface area (Å²) in [5.74, 6) is -0.449. The highest BCUT2D eigenvalue weighted by molar-refractivity contribution is 6.31. The molecule has 0 radical (unpaired) electrons. The average Bonchev–Trinajstić information content (AvgIpc) is 2.96. The van der Waals surface area contributed by atoms with Crippen LogP contribution in [-0.4, -0.2) is 32.6 Å². The number of carbonyl (C=O) groups is 1. The number of nitro benzene ring substituents is 1. The Balaban J connectivity index is 1.90. The smallest absolute Gasteiger partial charge is 0.283 e. The van der Waals surface area contributed by atoms with Crippen LogP contribution in [0.1, 0.15) is 27.3 Å². The molecule has 28 heavy (non-hydrogen) atoms. The quantitative estimate of drug-likeness (QED) is 0.473. The summed E-state index contributed by atoms with van der Waals surface area (Å²) in [6, 6.07) is 13.7. The molecule has 0 saturated heterocycles. The van der Waals surface area contributed by atoms with Gasteiger partial charge in [0.25, 0.3) is 11.6 Å². The van der Waals surface area contributed by atoms with Gasteiger partial charge in [0.15, 0.2) is 0 Å². The standard InChI is InChI=1S/C20H19ClN4O3/c1-13-18(14(2)24(22-13)16-7-5-4-6-8-16)12-23(3)20(26)17-10-9-15(21)11-19(17)25(27)28/h4-11H,12H2,1-3H3. The molecule has 3 aromatic rings. The summed E-state index contributed by atoms with van der Waals surface area (Å²) in [6.07, 6.45) is 0. The van der Waals surface area contributed by atoms with Crippen LogP contribution in [0.3, 0.4) is 0 Å². The number of rotatable bonds is 5. The third-order valence-corrected chi connectivity index (χ3v) is 4.81. The lowest BCUT2D eigenvalue weighted by Gasteiger charge is -2.18. The van der Waals surface area contributed by atoms with Crippen LogP contribution in [0.2, 0.25) is 5.02 Å². The molecule has 0 bridgehead atoms. The van der Waals surface area contributed by atoms with Gasteiger partial charge in [0.2, 0.25) is 0 Å². The first-order valence-electron chi connectivity index (χ1n) is 8.59. The molecular weight excluding hydrogens is 380 g/mol. The fraction of sp³-hybridized carbons (Fsp3) is 0.200. The van der Waals surface area contributed by atoms with Gasteiger partial charge in [0, 0.05) is 35.9 Å². The summed E-state index contributed by atoms with van der Waals surface area (Å²) in [7, 11) is 1.61. The minimum absolute atomic E-state index is 0.00246. The zero-order valence-electron chi connectivity index (χ0n) is 15.7. The van der Waals surface area contributed by atoms with Gasteiger partial charge in [-0.25, -0.2) is 4.68 Å². The van der Waals surface area contributed by atoms with Crippen molar-refractivity contribution in [2.45, 2.75) is 20.4 Å². The molecular formula is C20H19ClN4O3. The number of nitro groups is 1. The Kier molecular flexibility index (Phi) is 5.46. The number of nitrogens with zero attached hydrogens (tertiary/aromatic N) is 4. The molecule has 0 aliphatic rings. The summed E-state index contributed by atoms with van der Waals surface area (Å²) < 4.78 is 1.83. The van der Waals surface area contributed by atoms with Gasteiger partial charge >= 0.3 is 0 Å². The lowest BCUT2D eigenvalue weighted by molar-refractivity contribution is -0.385. The Morgan fingerprint density at radius 1 is 1.21 bits per heavy atom. The zero-order chi connectivity index (χ0) is 20.4. The molecule has 0 saturated carbocycles. The van der Waals surface area contributed by atoms with E-state index in [1.807, 2.05) is 48.9 Å². The van der Waals surface area contributed by atoms with E-state index in [0.29, 0.717) is 0 Å². The van der Waals surface area contributed by atoms with Gasteiger partial charge in [-0.15, -0.1) is 0 Å². The molecule has 1 amide bonds. The van der Waals surface area contributed by atoms with Crippen LogP contribution < -0.4 is 0 Å². The Labute approximate surface area is 167 Å². The van der Waals surface area contributed by atoms with Crippen LogP contribution in [0.5, 0.6) is 0 Å². The van der Waals surface area contributed by atoms with Crippen LogP contribution in [0.4, 0.5) is 5.69 Å². The highest BCUT2D eigenvalue weighted by Gasteiger charge is 2.25. The number of amides is 1. The summed E-state index contributed by atoms with van der Waals surface area (Å²) in [4.78, 5) is 25.0. The van der Waals surface area contributed by atoms with E-state index in [4.69, 9.17) is 11.6 Å². The Hall–Kier alpha value is -3.19. The number of benzene rings is 2. The SMILES string of the molecule is Cc1nn(-c2ccccc2)c(C)c1CN(C)C(=O)c1ccc(Cl)cc1[N+](=O)[O-]. The third-order valence-electron chi connectivity index (χ3n) is 4.57. The summed E-state index contributed by atoms with van der Waals surface area (Å²) >= 11 is 5.84. The normalized spacial score (nSPS) is 10.7. The van der Waals surface area contributed by atoms with Gasteiger partial charge in [-0.1, -0.05) is 29.8 Å². The topological polar surface area (TPSA) is 81.3 Å². The van der Waals surface area contributed by atoms with Crippen molar-refractivity contribution in [2.75, 3.05) is 7.05 Å². The van der Waals surface area contributed by atoms with E-state index in [2.05, 4.69) is 5.10 Å². The van der Waals surface area contributed by atoms with Crippen LogP contribution in [0.15, 0.2) is 48.5 Å². The number of hydrogen-bond donors (Lipinski definition) is 0. The minimum Gasteiger partial charge on any atom is -0.337 e. The first kappa shape index (κ1) is 19.6. The predicted octanol–water partition coefficient (Wildman–Crippen LogP) is 4.32. The van der Waals surface area contributed by atoms with E-state index in [9.17, 15) is 14.9 Å². The first-order valence-corrected chi connectivity index (χ1v) is 8.97. The monoisotopic (exact) mass is 398 g/mol. The van der Waals surface area contributed by atoms with Gasteiger partial charge in [0.1, 0.15) is 5.56 Å². The van der Waals surface area contributed by atoms with Crippen molar-refractivity contribution < 1.29 is 9.72 Å². The van der Waals surface area contributed by atoms with Crippen LogP contribution in [0.25, 0.3) is 5.69 Å². The van der Waals surface area contributed by atoms with Gasteiger partial charge < -0.3 is 4.90 Å². The summed E-state index contributed by atoms with van der Waals surface area (Å²) in [5, 5.41) is 16.1. The molecule has 0 atom stereocenters. The molecule has 2 aromatic carbocycles. The first-order chi connectivity index (χ1) is 13.3. The largest absolute Gasteiger partial charge is 0.337 e. The number of hydrogen-bond acceptors (Lipinski definition) is 4. The maximum absolute atomic E-state index is 12.8.